The van der Waals surface area contributed by atoms with Crippen molar-refractivity contribution in [3.05, 3.63) is 30.0 Å². The molecule has 26 heavy (non-hydrogen) atoms. The summed E-state index contributed by atoms with van der Waals surface area (Å²) in [7, 11) is -3.11. The summed E-state index contributed by atoms with van der Waals surface area (Å²) in [5, 5.41) is 17.6. The van der Waals surface area contributed by atoms with E-state index >= 15 is 0 Å². The van der Waals surface area contributed by atoms with Crippen molar-refractivity contribution >= 4 is 26.8 Å². The van der Waals surface area contributed by atoms with Crippen LogP contribution in [-0.2, 0) is 22.9 Å². The number of rotatable bonds is 6. The molecule has 1 aromatic heterocycles. The molecule has 1 fully saturated rings. The van der Waals surface area contributed by atoms with E-state index in [-0.39, 0.29) is 37.2 Å². The number of nitrogens with zero attached hydrogens (tertiary/aromatic N) is 3. The number of aliphatic hydroxyl groups is 1. The fraction of sp³-hybridized carbons (Fsp3) is 0.529. The Hall–Kier alpha value is -2.13. The summed E-state index contributed by atoms with van der Waals surface area (Å²) in [6.45, 7) is 2.87. The van der Waals surface area contributed by atoms with Gasteiger partial charge in [-0.25, -0.2) is 13.2 Å². The second-order valence-corrected chi connectivity index (χ2v) is 8.64. The summed E-state index contributed by atoms with van der Waals surface area (Å²) in [5.41, 5.74) is 1.77. The van der Waals surface area contributed by atoms with Gasteiger partial charge in [-0.3, -0.25) is 4.68 Å². The minimum Gasteiger partial charge on any atom is -0.395 e. The van der Waals surface area contributed by atoms with Crippen molar-refractivity contribution < 1.29 is 18.3 Å². The standard InChI is InChI=1S/C17H24N4O4S/c1-2-21-16-6-4-3-5-14(16)15(19-21)11-18-17(23)20(8-9-22)13-7-10-26(24,25)12-13/h3-6,13,22H,2,7-12H2,1H3,(H,18,23)/t13-/m0/s1. The first-order valence-corrected chi connectivity index (χ1v) is 10.6. The number of sulfone groups is 1. The van der Waals surface area contributed by atoms with Crippen molar-refractivity contribution in [3.63, 3.8) is 0 Å². The van der Waals surface area contributed by atoms with Crippen LogP contribution in [0, 0.1) is 0 Å². The number of urea groups is 1. The lowest BCUT2D eigenvalue weighted by Gasteiger charge is -2.27. The van der Waals surface area contributed by atoms with Gasteiger partial charge >= 0.3 is 6.03 Å². The largest absolute Gasteiger partial charge is 0.395 e. The van der Waals surface area contributed by atoms with E-state index in [4.69, 9.17) is 0 Å². The lowest BCUT2D eigenvalue weighted by Crippen LogP contribution is -2.47. The molecule has 2 N–H and O–H groups in total. The fourth-order valence-electron chi connectivity index (χ4n) is 3.41. The zero-order valence-electron chi connectivity index (χ0n) is 14.8. The first-order chi connectivity index (χ1) is 12.4. The van der Waals surface area contributed by atoms with Crippen LogP contribution >= 0.6 is 0 Å². The molecule has 2 heterocycles. The molecular formula is C17H24N4O4S. The van der Waals surface area contributed by atoms with Crippen LogP contribution in [0.25, 0.3) is 10.9 Å². The van der Waals surface area contributed by atoms with Crippen molar-refractivity contribution in [2.75, 3.05) is 24.7 Å². The molecule has 0 saturated carbocycles. The van der Waals surface area contributed by atoms with Crippen LogP contribution in [0.3, 0.4) is 0 Å². The average Bonchev–Trinajstić information content (AvgIpc) is 3.17. The number of carbonyl (C=O) groups is 1. The van der Waals surface area contributed by atoms with Gasteiger partial charge in [0.2, 0.25) is 0 Å². The number of fused-ring (bicyclic) bond motifs is 1. The first-order valence-electron chi connectivity index (χ1n) is 8.75. The number of hydrogen-bond acceptors (Lipinski definition) is 5. The Morgan fingerprint density at radius 2 is 2.19 bits per heavy atom. The minimum absolute atomic E-state index is 0.0478. The molecule has 142 valence electrons. The highest BCUT2D eigenvalue weighted by Gasteiger charge is 2.34. The van der Waals surface area contributed by atoms with Gasteiger partial charge in [0.25, 0.3) is 0 Å². The summed E-state index contributed by atoms with van der Waals surface area (Å²) in [6.07, 6.45) is 0.406. The Labute approximate surface area is 152 Å². The molecular weight excluding hydrogens is 356 g/mol. The first kappa shape index (κ1) is 18.7. The zero-order chi connectivity index (χ0) is 18.7. The number of hydrogen-bond donors (Lipinski definition) is 2. The molecule has 0 aliphatic carbocycles. The Morgan fingerprint density at radius 3 is 2.85 bits per heavy atom. The van der Waals surface area contributed by atoms with Crippen molar-refractivity contribution in [1.82, 2.24) is 20.0 Å². The average molecular weight is 380 g/mol. The maximum Gasteiger partial charge on any atom is 0.318 e. The van der Waals surface area contributed by atoms with E-state index in [2.05, 4.69) is 10.4 Å². The van der Waals surface area contributed by atoms with Crippen LogP contribution < -0.4 is 5.32 Å². The van der Waals surface area contributed by atoms with E-state index in [1.54, 1.807) is 0 Å². The Bertz CT molecular complexity index is 893. The molecule has 1 aliphatic rings. The molecule has 0 radical (unpaired) electrons. The number of aliphatic hydroxyl groups excluding tert-OH is 1. The maximum absolute atomic E-state index is 12.6. The van der Waals surface area contributed by atoms with Crippen molar-refractivity contribution in [2.45, 2.75) is 32.5 Å². The van der Waals surface area contributed by atoms with Crippen LogP contribution in [0.4, 0.5) is 4.79 Å². The molecule has 0 bridgehead atoms. The molecule has 8 nitrogen and oxygen atoms in total. The van der Waals surface area contributed by atoms with Crippen LogP contribution in [0.1, 0.15) is 19.0 Å². The predicted molar refractivity (Wildman–Crippen MR) is 98.5 cm³/mol. The highest BCUT2D eigenvalue weighted by Crippen LogP contribution is 2.20. The van der Waals surface area contributed by atoms with Crippen LogP contribution in [0.5, 0.6) is 0 Å². The second-order valence-electron chi connectivity index (χ2n) is 6.41. The van der Waals surface area contributed by atoms with Crippen LogP contribution in [-0.4, -0.2) is 64.9 Å². The summed E-state index contributed by atoms with van der Waals surface area (Å²) in [4.78, 5) is 14.0. The summed E-state index contributed by atoms with van der Waals surface area (Å²) in [6, 6.07) is 7.05. The summed E-state index contributed by atoms with van der Waals surface area (Å²) >= 11 is 0. The van der Waals surface area contributed by atoms with Crippen molar-refractivity contribution in [1.29, 1.82) is 0 Å². The molecule has 0 unspecified atom stereocenters. The quantitative estimate of drug-likeness (QED) is 0.769. The van der Waals surface area contributed by atoms with Gasteiger partial charge in [-0.05, 0) is 19.4 Å². The molecule has 2 aromatic rings. The van der Waals surface area contributed by atoms with Gasteiger partial charge in [0.05, 0.1) is 35.9 Å². The molecule has 0 spiro atoms. The lowest BCUT2D eigenvalue weighted by molar-refractivity contribution is 0.157. The number of benzene rings is 1. The summed E-state index contributed by atoms with van der Waals surface area (Å²) < 4.78 is 25.3. The number of amides is 2. The third-order valence-electron chi connectivity index (χ3n) is 4.69. The zero-order valence-corrected chi connectivity index (χ0v) is 15.6. The molecule has 1 aromatic carbocycles. The number of nitrogens with one attached hydrogen (secondary N) is 1. The maximum atomic E-state index is 12.6. The molecule has 1 atom stereocenters. The van der Waals surface area contributed by atoms with Gasteiger partial charge in [-0.1, -0.05) is 18.2 Å². The third-order valence-corrected chi connectivity index (χ3v) is 6.44. The van der Waals surface area contributed by atoms with E-state index in [1.165, 1.54) is 4.90 Å². The van der Waals surface area contributed by atoms with E-state index in [0.29, 0.717) is 6.42 Å². The third kappa shape index (κ3) is 3.83. The van der Waals surface area contributed by atoms with E-state index < -0.39 is 15.9 Å². The SMILES string of the molecule is CCn1nc(CNC(=O)N(CCO)[C@H]2CCS(=O)(=O)C2)c2ccccc21. The van der Waals surface area contributed by atoms with Gasteiger partial charge < -0.3 is 15.3 Å². The van der Waals surface area contributed by atoms with Crippen molar-refractivity contribution in [3.8, 4) is 0 Å². The molecule has 1 aliphatic heterocycles. The van der Waals surface area contributed by atoms with Gasteiger partial charge in [0, 0.05) is 24.5 Å². The normalized spacial score (nSPS) is 18.9. The number of aryl methyl sites for hydroxylation is 1. The molecule has 2 amide bonds. The second kappa shape index (κ2) is 7.63. The Balaban J connectivity index is 1.73. The smallest absolute Gasteiger partial charge is 0.318 e. The molecule has 9 heteroatoms. The van der Waals surface area contributed by atoms with Crippen LogP contribution in [0.2, 0.25) is 0 Å². The summed E-state index contributed by atoms with van der Waals surface area (Å²) in [5.74, 6) is 0.0340. The monoisotopic (exact) mass is 380 g/mol. The van der Waals surface area contributed by atoms with Gasteiger partial charge in [-0.2, -0.15) is 5.10 Å². The van der Waals surface area contributed by atoms with Gasteiger partial charge in [0.15, 0.2) is 9.84 Å². The van der Waals surface area contributed by atoms with E-state index in [1.807, 2.05) is 35.9 Å². The van der Waals surface area contributed by atoms with Gasteiger partial charge in [-0.15, -0.1) is 0 Å². The predicted octanol–water partition coefficient (Wildman–Crippen LogP) is 0.747. The minimum atomic E-state index is -3.11. The highest BCUT2D eigenvalue weighted by atomic mass is 32.2. The number of aromatic nitrogens is 2. The fourth-order valence-corrected chi connectivity index (χ4v) is 5.14. The lowest BCUT2D eigenvalue weighted by atomic mass is 10.2. The van der Waals surface area contributed by atoms with Crippen molar-refractivity contribution in [2.24, 2.45) is 0 Å². The Kier molecular flexibility index (Phi) is 5.47. The molecule has 1 saturated heterocycles. The Morgan fingerprint density at radius 1 is 1.42 bits per heavy atom. The van der Waals surface area contributed by atoms with E-state index in [9.17, 15) is 18.3 Å². The topological polar surface area (TPSA) is 105 Å². The van der Waals surface area contributed by atoms with Crippen LogP contribution in [0.15, 0.2) is 24.3 Å². The number of para-hydroxylation sites is 1. The highest BCUT2D eigenvalue weighted by molar-refractivity contribution is 7.91. The van der Waals surface area contributed by atoms with Gasteiger partial charge in [0.1, 0.15) is 0 Å². The van der Waals surface area contributed by atoms with E-state index in [0.717, 1.165) is 23.1 Å². The molecule has 3 rings (SSSR count). The number of carbonyl (C=O) groups excluding carboxylic acids is 1.